The van der Waals surface area contributed by atoms with Gasteiger partial charge in [-0.3, -0.25) is 0 Å². The molecular formula is C24H24ClF3. The van der Waals surface area contributed by atoms with Crippen LogP contribution in [0.15, 0.2) is 43.0 Å². The van der Waals surface area contributed by atoms with Crippen LogP contribution >= 0.6 is 11.6 Å². The Morgan fingerprint density at radius 1 is 1.04 bits per heavy atom. The molecule has 0 amide bonds. The molecule has 0 N–H and O–H groups in total. The molecule has 2 aliphatic carbocycles. The van der Waals surface area contributed by atoms with Gasteiger partial charge >= 0.3 is 0 Å². The van der Waals surface area contributed by atoms with Crippen LogP contribution in [0.1, 0.15) is 60.6 Å². The third-order valence-corrected chi connectivity index (χ3v) is 7.03. The van der Waals surface area contributed by atoms with E-state index in [2.05, 4.69) is 6.58 Å². The molecule has 0 saturated heterocycles. The van der Waals surface area contributed by atoms with Crippen molar-refractivity contribution in [1.82, 2.24) is 0 Å². The van der Waals surface area contributed by atoms with Gasteiger partial charge in [0.1, 0.15) is 17.5 Å². The summed E-state index contributed by atoms with van der Waals surface area (Å²) in [6.07, 6.45) is 7.13. The molecule has 0 nitrogen and oxygen atoms in total. The van der Waals surface area contributed by atoms with Crippen molar-refractivity contribution in [2.24, 2.45) is 11.8 Å². The number of allylic oxidation sites excluding steroid dienone is 1. The van der Waals surface area contributed by atoms with Crippen molar-refractivity contribution in [2.45, 2.75) is 50.4 Å². The molecule has 4 heteroatoms. The highest BCUT2D eigenvalue weighted by molar-refractivity contribution is 6.30. The highest BCUT2D eigenvalue weighted by Gasteiger charge is 2.43. The van der Waals surface area contributed by atoms with Crippen LogP contribution in [-0.2, 0) is 6.42 Å². The molecule has 2 aromatic carbocycles. The summed E-state index contributed by atoms with van der Waals surface area (Å²) >= 11 is 5.91. The lowest BCUT2D eigenvalue weighted by Gasteiger charge is -2.47. The lowest BCUT2D eigenvalue weighted by molar-refractivity contribution is 0.161. The molecule has 1 fully saturated rings. The van der Waals surface area contributed by atoms with Crippen molar-refractivity contribution in [3.63, 3.8) is 0 Å². The monoisotopic (exact) mass is 404 g/mol. The fourth-order valence-electron chi connectivity index (χ4n) is 5.58. The van der Waals surface area contributed by atoms with Crippen LogP contribution in [0.2, 0.25) is 5.02 Å². The lowest BCUT2D eigenvalue weighted by Crippen LogP contribution is -2.35. The van der Waals surface area contributed by atoms with Gasteiger partial charge in [-0.1, -0.05) is 23.7 Å². The molecule has 28 heavy (non-hydrogen) atoms. The Bertz CT molecular complexity index is 892. The van der Waals surface area contributed by atoms with Gasteiger partial charge in [-0.25, -0.2) is 13.2 Å². The molecule has 4 rings (SSSR count). The molecule has 148 valence electrons. The first kappa shape index (κ1) is 19.6. The van der Waals surface area contributed by atoms with Gasteiger partial charge in [-0.15, -0.1) is 6.58 Å². The summed E-state index contributed by atoms with van der Waals surface area (Å²) in [5.74, 6) is -0.437. The van der Waals surface area contributed by atoms with E-state index in [9.17, 15) is 13.2 Å². The standard InChI is InChI=1S/C24H24ClF3/c1-2-3-4-14-5-7-17-19(24(14)15-6-10-21(25)23(28)11-15)9-8-18-20(17)12-16(26)13-22(18)27/h2,6,10-14,17,19,24H,1,3-5,7-9H2. The average Bonchev–Trinajstić information content (AvgIpc) is 2.67. The first-order valence-electron chi connectivity index (χ1n) is 10.0. The topological polar surface area (TPSA) is 0 Å². The Morgan fingerprint density at radius 2 is 1.86 bits per heavy atom. The second-order valence-electron chi connectivity index (χ2n) is 8.17. The van der Waals surface area contributed by atoms with E-state index in [0.29, 0.717) is 17.9 Å². The predicted octanol–water partition coefficient (Wildman–Crippen LogP) is 7.56. The van der Waals surface area contributed by atoms with E-state index in [1.807, 2.05) is 12.1 Å². The molecule has 0 bridgehead atoms. The van der Waals surface area contributed by atoms with Crippen LogP contribution < -0.4 is 0 Å². The summed E-state index contributed by atoms with van der Waals surface area (Å²) in [7, 11) is 0. The van der Waals surface area contributed by atoms with Crippen molar-refractivity contribution in [2.75, 3.05) is 0 Å². The Balaban J connectivity index is 1.75. The van der Waals surface area contributed by atoms with Crippen molar-refractivity contribution in [3.05, 3.63) is 82.2 Å². The zero-order chi connectivity index (χ0) is 19.8. The molecule has 0 radical (unpaired) electrons. The SMILES string of the molecule is C=CCCC1CCC2c3cc(F)cc(F)c3CCC2C1c1ccc(Cl)c(F)c1. The summed E-state index contributed by atoms with van der Waals surface area (Å²) in [5, 5.41) is 0.122. The zero-order valence-electron chi connectivity index (χ0n) is 15.7. The van der Waals surface area contributed by atoms with E-state index in [1.54, 1.807) is 12.1 Å². The van der Waals surface area contributed by atoms with Gasteiger partial charge in [0.25, 0.3) is 0 Å². The number of benzene rings is 2. The van der Waals surface area contributed by atoms with E-state index in [0.717, 1.165) is 49.3 Å². The minimum absolute atomic E-state index is 0.109. The highest BCUT2D eigenvalue weighted by Crippen LogP contribution is 2.55. The second kappa shape index (κ2) is 7.94. The van der Waals surface area contributed by atoms with E-state index in [4.69, 9.17) is 11.6 Å². The molecule has 0 spiro atoms. The van der Waals surface area contributed by atoms with E-state index in [1.165, 1.54) is 6.07 Å². The maximum Gasteiger partial charge on any atom is 0.142 e. The molecular weight excluding hydrogens is 381 g/mol. The first-order chi connectivity index (χ1) is 13.5. The second-order valence-corrected chi connectivity index (χ2v) is 8.57. The molecule has 4 atom stereocenters. The van der Waals surface area contributed by atoms with Crippen LogP contribution in [-0.4, -0.2) is 0 Å². The number of rotatable bonds is 4. The normalized spacial score (nSPS) is 26.4. The molecule has 0 aliphatic heterocycles. The van der Waals surface area contributed by atoms with Gasteiger partial charge in [0, 0.05) is 6.07 Å². The third-order valence-electron chi connectivity index (χ3n) is 6.73. The number of hydrogen-bond acceptors (Lipinski definition) is 0. The number of halogens is 4. The fourth-order valence-corrected chi connectivity index (χ4v) is 5.70. The summed E-state index contributed by atoms with van der Waals surface area (Å²) < 4.78 is 42.5. The van der Waals surface area contributed by atoms with Crippen molar-refractivity contribution in [3.8, 4) is 0 Å². The van der Waals surface area contributed by atoms with Gasteiger partial charge < -0.3 is 0 Å². The van der Waals surface area contributed by atoms with Gasteiger partial charge in [-0.05, 0) is 97.1 Å². The van der Waals surface area contributed by atoms with Crippen LogP contribution in [0, 0.1) is 29.3 Å². The fraction of sp³-hybridized carbons (Fsp3) is 0.417. The maximum atomic E-state index is 14.3. The van der Waals surface area contributed by atoms with Crippen molar-refractivity contribution in [1.29, 1.82) is 0 Å². The predicted molar refractivity (Wildman–Crippen MR) is 107 cm³/mol. The van der Waals surface area contributed by atoms with Crippen molar-refractivity contribution >= 4 is 11.6 Å². The minimum atomic E-state index is -0.514. The molecule has 1 saturated carbocycles. The Kier molecular flexibility index (Phi) is 5.55. The minimum Gasteiger partial charge on any atom is -0.207 e. The van der Waals surface area contributed by atoms with Gasteiger partial charge in [0.2, 0.25) is 0 Å². The van der Waals surface area contributed by atoms with E-state index in [-0.39, 0.29) is 22.8 Å². The van der Waals surface area contributed by atoms with Crippen LogP contribution in [0.4, 0.5) is 13.2 Å². The molecule has 4 unspecified atom stereocenters. The van der Waals surface area contributed by atoms with Gasteiger partial charge in [0.05, 0.1) is 5.02 Å². The molecule has 2 aliphatic rings. The highest BCUT2D eigenvalue weighted by atomic mass is 35.5. The van der Waals surface area contributed by atoms with Gasteiger partial charge in [0.15, 0.2) is 0 Å². The van der Waals surface area contributed by atoms with Crippen LogP contribution in [0.25, 0.3) is 0 Å². The largest absolute Gasteiger partial charge is 0.207 e. The quantitative estimate of drug-likeness (QED) is 0.461. The Hall–Kier alpha value is -1.74. The molecule has 2 aromatic rings. The summed E-state index contributed by atoms with van der Waals surface area (Å²) in [5.41, 5.74) is 2.43. The molecule has 0 heterocycles. The third kappa shape index (κ3) is 3.50. The number of hydrogen-bond donors (Lipinski definition) is 0. The van der Waals surface area contributed by atoms with Gasteiger partial charge in [-0.2, -0.15) is 0 Å². The average molecular weight is 405 g/mol. The summed E-state index contributed by atoms with van der Waals surface area (Å²) in [4.78, 5) is 0. The Morgan fingerprint density at radius 3 is 2.61 bits per heavy atom. The van der Waals surface area contributed by atoms with Crippen LogP contribution in [0.3, 0.4) is 0 Å². The smallest absolute Gasteiger partial charge is 0.142 e. The Labute approximate surface area is 169 Å². The van der Waals surface area contributed by atoms with Crippen molar-refractivity contribution < 1.29 is 13.2 Å². The number of fused-ring (bicyclic) bond motifs is 3. The van der Waals surface area contributed by atoms with E-state index >= 15 is 0 Å². The lowest BCUT2D eigenvalue weighted by atomic mass is 9.57. The van der Waals surface area contributed by atoms with Crippen LogP contribution in [0.5, 0.6) is 0 Å². The van der Waals surface area contributed by atoms with E-state index < -0.39 is 17.5 Å². The maximum absolute atomic E-state index is 14.3. The summed E-state index contributed by atoms with van der Waals surface area (Å²) in [6, 6.07) is 7.59. The first-order valence-corrected chi connectivity index (χ1v) is 10.4. The zero-order valence-corrected chi connectivity index (χ0v) is 16.5. The molecule has 0 aromatic heterocycles. The summed E-state index contributed by atoms with van der Waals surface area (Å²) in [6.45, 7) is 3.84.